The molecule has 0 aliphatic carbocycles. The Morgan fingerprint density at radius 2 is 2.24 bits per heavy atom. The molecular formula is C15H14N2O3S. The highest BCUT2D eigenvalue weighted by Gasteiger charge is 2.20. The molecule has 0 aliphatic rings. The number of rotatable bonds is 4. The van der Waals surface area contributed by atoms with E-state index in [1.165, 1.54) is 18.4 Å². The first-order valence-corrected chi connectivity index (χ1v) is 7.00. The molecule has 0 fully saturated rings. The van der Waals surface area contributed by atoms with Gasteiger partial charge in [0, 0.05) is 7.11 Å². The standard InChI is InChI=1S/C15H14N2O3S/c1-20-13(11-6-3-2-4-7-11)14(19)17-15-16-10-12(21-15)8-5-9-18/h2-4,6-7,10,13,18H,9H2,1H3,(H,16,17,19). The number of amides is 1. The molecule has 1 aromatic carbocycles. The summed E-state index contributed by atoms with van der Waals surface area (Å²) in [6, 6.07) is 9.23. The number of nitrogens with zero attached hydrogens (tertiary/aromatic N) is 1. The lowest BCUT2D eigenvalue weighted by molar-refractivity contribution is -0.126. The normalized spacial score (nSPS) is 11.3. The van der Waals surface area contributed by atoms with Crippen LogP contribution in [0.2, 0.25) is 0 Å². The molecule has 6 heteroatoms. The number of methoxy groups -OCH3 is 1. The van der Waals surface area contributed by atoms with Crippen LogP contribution in [0.3, 0.4) is 0 Å². The van der Waals surface area contributed by atoms with Crippen LogP contribution in [0, 0.1) is 11.8 Å². The van der Waals surface area contributed by atoms with Crippen LogP contribution in [-0.4, -0.2) is 29.7 Å². The number of carbonyl (C=O) groups excluding carboxylic acids is 1. The molecule has 0 saturated carbocycles. The van der Waals surface area contributed by atoms with Gasteiger partial charge in [0.2, 0.25) is 0 Å². The van der Waals surface area contributed by atoms with Crippen molar-refractivity contribution in [3.63, 3.8) is 0 Å². The number of benzene rings is 1. The molecule has 2 rings (SSSR count). The summed E-state index contributed by atoms with van der Waals surface area (Å²) in [5.74, 6) is 4.97. The van der Waals surface area contributed by atoms with Crippen molar-refractivity contribution in [2.45, 2.75) is 6.10 Å². The Hall–Kier alpha value is -2.20. The van der Waals surface area contributed by atoms with Gasteiger partial charge in [-0.05, 0) is 5.56 Å². The van der Waals surface area contributed by atoms with Gasteiger partial charge in [0.15, 0.2) is 11.2 Å². The van der Waals surface area contributed by atoms with Crippen molar-refractivity contribution >= 4 is 22.4 Å². The van der Waals surface area contributed by atoms with E-state index < -0.39 is 6.10 Å². The predicted octanol–water partition coefficient (Wildman–Crippen LogP) is 1.81. The van der Waals surface area contributed by atoms with E-state index in [-0.39, 0.29) is 12.5 Å². The number of hydrogen-bond acceptors (Lipinski definition) is 5. The van der Waals surface area contributed by atoms with Gasteiger partial charge < -0.3 is 9.84 Å². The molecule has 1 heterocycles. The molecule has 108 valence electrons. The van der Waals surface area contributed by atoms with E-state index in [1.807, 2.05) is 30.3 Å². The number of hydrogen-bond donors (Lipinski definition) is 2. The van der Waals surface area contributed by atoms with Crippen LogP contribution in [-0.2, 0) is 9.53 Å². The van der Waals surface area contributed by atoms with E-state index in [0.717, 1.165) is 5.56 Å². The average Bonchev–Trinajstić information content (AvgIpc) is 2.94. The molecule has 0 aliphatic heterocycles. The lowest BCUT2D eigenvalue weighted by atomic mass is 10.1. The minimum Gasteiger partial charge on any atom is -0.384 e. The van der Waals surface area contributed by atoms with Crippen molar-refractivity contribution in [1.29, 1.82) is 0 Å². The maximum absolute atomic E-state index is 12.2. The van der Waals surface area contributed by atoms with Gasteiger partial charge in [0.25, 0.3) is 5.91 Å². The highest BCUT2D eigenvalue weighted by atomic mass is 32.1. The molecule has 1 aromatic heterocycles. The Balaban J connectivity index is 2.08. The van der Waals surface area contributed by atoms with Crippen LogP contribution in [0.15, 0.2) is 36.5 Å². The molecule has 0 radical (unpaired) electrons. The van der Waals surface area contributed by atoms with Gasteiger partial charge in [-0.2, -0.15) is 0 Å². The summed E-state index contributed by atoms with van der Waals surface area (Å²) >= 11 is 1.24. The van der Waals surface area contributed by atoms with E-state index in [9.17, 15) is 4.79 Å². The molecular weight excluding hydrogens is 288 g/mol. The lowest BCUT2D eigenvalue weighted by Crippen LogP contribution is -2.22. The van der Waals surface area contributed by atoms with Gasteiger partial charge in [0.1, 0.15) is 6.61 Å². The van der Waals surface area contributed by atoms with Crippen molar-refractivity contribution in [1.82, 2.24) is 4.98 Å². The van der Waals surface area contributed by atoms with E-state index >= 15 is 0 Å². The average molecular weight is 302 g/mol. The topological polar surface area (TPSA) is 71.5 Å². The first-order chi connectivity index (χ1) is 10.2. The number of carbonyl (C=O) groups is 1. The fourth-order valence-electron chi connectivity index (χ4n) is 1.71. The quantitative estimate of drug-likeness (QED) is 0.845. The SMILES string of the molecule is COC(C(=O)Nc1ncc(C#CCO)s1)c1ccccc1. The number of aliphatic hydroxyl groups is 1. The molecule has 21 heavy (non-hydrogen) atoms. The second kappa shape index (κ2) is 7.55. The van der Waals surface area contributed by atoms with Crippen LogP contribution in [0.1, 0.15) is 16.5 Å². The van der Waals surface area contributed by atoms with E-state index in [4.69, 9.17) is 9.84 Å². The van der Waals surface area contributed by atoms with Crippen LogP contribution >= 0.6 is 11.3 Å². The highest BCUT2D eigenvalue weighted by molar-refractivity contribution is 7.16. The molecule has 5 nitrogen and oxygen atoms in total. The van der Waals surface area contributed by atoms with Crippen molar-refractivity contribution < 1.29 is 14.6 Å². The summed E-state index contributed by atoms with van der Waals surface area (Å²) in [6.07, 6.45) is 0.856. The maximum Gasteiger partial charge on any atom is 0.259 e. The lowest BCUT2D eigenvalue weighted by Gasteiger charge is -2.14. The Labute approximate surface area is 126 Å². The van der Waals surface area contributed by atoms with Gasteiger partial charge in [-0.15, -0.1) is 0 Å². The van der Waals surface area contributed by atoms with E-state index in [2.05, 4.69) is 22.1 Å². The first kappa shape index (κ1) is 15.2. The van der Waals surface area contributed by atoms with Crippen molar-refractivity contribution in [3.8, 4) is 11.8 Å². The first-order valence-electron chi connectivity index (χ1n) is 6.18. The fraction of sp³-hybridized carbons (Fsp3) is 0.200. The fourth-order valence-corrected chi connectivity index (χ4v) is 2.40. The van der Waals surface area contributed by atoms with Crippen LogP contribution < -0.4 is 5.32 Å². The molecule has 0 bridgehead atoms. The third-order valence-corrected chi connectivity index (χ3v) is 3.43. The second-order valence-electron chi connectivity index (χ2n) is 4.01. The summed E-state index contributed by atoms with van der Waals surface area (Å²) in [5, 5.41) is 11.8. The Kier molecular flexibility index (Phi) is 5.46. The van der Waals surface area contributed by atoms with Gasteiger partial charge in [-0.1, -0.05) is 53.5 Å². The Bertz CT molecular complexity index is 658. The number of aromatic nitrogens is 1. The number of nitrogens with one attached hydrogen (secondary N) is 1. The number of ether oxygens (including phenoxy) is 1. The van der Waals surface area contributed by atoms with Crippen molar-refractivity contribution in [2.75, 3.05) is 19.0 Å². The van der Waals surface area contributed by atoms with Crippen LogP contribution in [0.4, 0.5) is 5.13 Å². The Morgan fingerprint density at radius 1 is 1.48 bits per heavy atom. The molecule has 1 amide bonds. The minimum atomic E-state index is -0.693. The second-order valence-corrected chi connectivity index (χ2v) is 5.04. The maximum atomic E-state index is 12.2. The van der Waals surface area contributed by atoms with Gasteiger partial charge >= 0.3 is 0 Å². The number of thiazole rings is 1. The number of anilines is 1. The summed E-state index contributed by atoms with van der Waals surface area (Å²) in [7, 11) is 1.48. The molecule has 0 spiro atoms. The third kappa shape index (κ3) is 4.13. The highest BCUT2D eigenvalue weighted by Crippen LogP contribution is 2.21. The predicted molar refractivity (Wildman–Crippen MR) is 80.9 cm³/mol. The van der Waals surface area contributed by atoms with E-state index in [1.54, 1.807) is 6.20 Å². The van der Waals surface area contributed by atoms with Gasteiger partial charge in [0.05, 0.1) is 11.1 Å². The molecule has 1 unspecified atom stereocenters. The molecule has 2 N–H and O–H groups in total. The summed E-state index contributed by atoms with van der Waals surface area (Å²) in [5.41, 5.74) is 0.773. The zero-order valence-electron chi connectivity index (χ0n) is 11.4. The van der Waals surface area contributed by atoms with Crippen LogP contribution in [0.25, 0.3) is 0 Å². The summed E-state index contributed by atoms with van der Waals surface area (Å²) in [6.45, 7) is -0.209. The third-order valence-electron chi connectivity index (χ3n) is 2.60. The molecule has 2 aromatic rings. The van der Waals surface area contributed by atoms with Crippen LogP contribution in [0.5, 0.6) is 0 Å². The van der Waals surface area contributed by atoms with Crippen molar-refractivity contribution in [3.05, 3.63) is 47.0 Å². The summed E-state index contributed by atoms with van der Waals surface area (Å²) < 4.78 is 5.25. The molecule has 0 saturated heterocycles. The molecule has 1 atom stereocenters. The van der Waals surface area contributed by atoms with Gasteiger partial charge in [-0.3, -0.25) is 10.1 Å². The largest absolute Gasteiger partial charge is 0.384 e. The van der Waals surface area contributed by atoms with Crippen molar-refractivity contribution in [2.24, 2.45) is 0 Å². The van der Waals surface area contributed by atoms with Gasteiger partial charge in [-0.25, -0.2) is 4.98 Å². The van der Waals surface area contributed by atoms with E-state index in [0.29, 0.717) is 10.0 Å². The number of aliphatic hydroxyl groups excluding tert-OH is 1. The minimum absolute atomic E-state index is 0.209. The smallest absolute Gasteiger partial charge is 0.259 e. The zero-order chi connectivity index (χ0) is 15.1. The zero-order valence-corrected chi connectivity index (χ0v) is 12.2. The monoisotopic (exact) mass is 302 g/mol. The Morgan fingerprint density at radius 3 is 2.90 bits per heavy atom. The summed E-state index contributed by atoms with van der Waals surface area (Å²) in [4.78, 5) is 17.0.